The van der Waals surface area contributed by atoms with Crippen LogP contribution in [0, 0.1) is 10.5 Å². The van der Waals surface area contributed by atoms with Crippen molar-refractivity contribution in [3.05, 3.63) is 45.7 Å². The Morgan fingerprint density at radius 1 is 1.25 bits per heavy atom. The Kier molecular flexibility index (Phi) is 3.28. The van der Waals surface area contributed by atoms with Crippen LogP contribution in [0.4, 0.5) is 17.2 Å². The third-order valence-electron chi connectivity index (χ3n) is 2.16. The average molecular weight is 325 g/mol. The first-order valence-corrected chi connectivity index (χ1v) is 5.98. The van der Waals surface area contributed by atoms with Crippen LogP contribution in [-0.4, -0.2) is 4.98 Å². The SMILES string of the molecule is Cc1cnc(Nc2ccc(I)cc2)c(N)c1. The number of nitrogens with zero attached hydrogens (tertiary/aromatic N) is 1. The predicted molar refractivity (Wildman–Crippen MR) is 75.8 cm³/mol. The quantitative estimate of drug-likeness (QED) is 0.833. The maximum Gasteiger partial charge on any atom is 0.153 e. The fourth-order valence-electron chi connectivity index (χ4n) is 1.37. The summed E-state index contributed by atoms with van der Waals surface area (Å²) in [4.78, 5) is 4.26. The number of aromatic nitrogens is 1. The Labute approximate surface area is 108 Å². The number of nitrogens with two attached hydrogens (primary N) is 1. The third-order valence-corrected chi connectivity index (χ3v) is 2.88. The second kappa shape index (κ2) is 4.69. The van der Waals surface area contributed by atoms with Gasteiger partial charge < -0.3 is 11.1 Å². The van der Waals surface area contributed by atoms with E-state index in [0.29, 0.717) is 11.5 Å². The second-order valence-corrected chi connectivity index (χ2v) is 4.83. The molecule has 0 bridgehead atoms. The third kappa shape index (κ3) is 2.63. The van der Waals surface area contributed by atoms with Gasteiger partial charge in [-0.05, 0) is 65.4 Å². The number of aryl methyl sites for hydroxylation is 1. The highest BCUT2D eigenvalue weighted by Crippen LogP contribution is 2.21. The summed E-state index contributed by atoms with van der Waals surface area (Å²) < 4.78 is 1.20. The molecule has 3 N–H and O–H groups in total. The Hall–Kier alpha value is -1.30. The van der Waals surface area contributed by atoms with E-state index >= 15 is 0 Å². The van der Waals surface area contributed by atoms with E-state index in [0.717, 1.165) is 11.3 Å². The summed E-state index contributed by atoms with van der Waals surface area (Å²) in [6, 6.07) is 9.98. The number of nitrogen functional groups attached to an aromatic ring is 1. The van der Waals surface area contributed by atoms with Crippen LogP contribution in [0.25, 0.3) is 0 Å². The first-order chi connectivity index (χ1) is 7.65. The highest BCUT2D eigenvalue weighted by Gasteiger charge is 2.01. The summed E-state index contributed by atoms with van der Waals surface area (Å²) in [5.41, 5.74) is 8.59. The molecule has 1 aromatic heterocycles. The van der Waals surface area contributed by atoms with Crippen molar-refractivity contribution in [2.24, 2.45) is 0 Å². The molecule has 0 aliphatic carbocycles. The van der Waals surface area contributed by atoms with E-state index in [1.807, 2.05) is 37.3 Å². The Morgan fingerprint density at radius 3 is 2.56 bits per heavy atom. The van der Waals surface area contributed by atoms with E-state index in [2.05, 4.69) is 32.9 Å². The number of anilines is 3. The molecule has 2 rings (SSSR count). The Balaban J connectivity index is 2.23. The first-order valence-electron chi connectivity index (χ1n) is 4.90. The molecule has 0 saturated heterocycles. The van der Waals surface area contributed by atoms with Crippen molar-refractivity contribution >= 4 is 39.8 Å². The van der Waals surface area contributed by atoms with Crippen molar-refractivity contribution in [2.75, 3.05) is 11.1 Å². The second-order valence-electron chi connectivity index (χ2n) is 3.58. The molecule has 0 radical (unpaired) electrons. The van der Waals surface area contributed by atoms with Crippen LogP contribution >= 0.6 is 22.6 Å². The van der Waals surface area contributed by atoms with E-state index in [-0.39, 0.29) is 0 Å². The lowest BCUT2D eigenvalue weighted by molar-refractivity contribution is 1.26. The highest BCUT2D eigenvalue weighted by atomic mass is 127. The molecule has 0 spiro atoms. The minimum atomic E-state index is 0.665. The lowest BCUT2D eigenvalue weighted by Crippen LogP contribution is -1.99. The minimum absolute atomic E-state index is 0.665. The molecule has 0 unspecified atom stereocenters. The Bertz CT molecular complexity index is 494. The molecule has 16 heavy (non-hydrogen) atoms. The van der Waals surface area contributed by atoms with Gasteiger partial charge in [0.25, 0.3) is 0 Å². The molecule has 4 heteroatoms. The Morgan fingerprint density at radius 2 is 1.94 bits per heavy atom. The van der Waals surface area contributed by atoms with E-state index < -0.39 is 0 Å². The van der Waals surface area contributed by atoms with Crippen LogP contribution in [-0.2, 0) is 0 Å². The standard InChI is InChI=1S/C12H12IN3/c1-8-6-11(14)12(15-7-8)16-10-4-2-9(13)3-5-10/h2-7H,14H2,1H3,(H,15,16). The molecule has 0 atom stereocenters. The van der Waals surface area contributed by atoms with Gasteiger partial charge in [-0.1, -0.05) is 0 Å². The molecule has 0 saturated carbocycles. The van der Waals surface area contributed by atoms with Gasteiger partial charge in [0.1, 0.15) is 0 Å². The molecule has 1 heterocycles. The van der Waals surface area contributed by atoms with Crippen molar-refractivity contribution < 1.29 is 0 Å². The molecule has 2 aromatic rings. The molecule has 0 fully saturated rings. The van der Waals surface area contributed by atoms with Crippen molar-refractivity contribution in [3.8, 4) is 0 Å². The summed E-state index contributed by atoms with van der Waals surface area (Å²) in [5, 5.41) is 3.19. The van der Waals surface area contributed by atoms with Crippen LogP contribution in [0.1, 0.15) is 5.56 Å². The molecule has 0 amide bonds. The summed E-state index contributed by atoms with van der Waals surface area (Å²) >= 11 is 2.27. The normalized spacial score (nSPS) is 10.1. The summed E-state index contributed by atoms with van der Waals surface area (Å²) in [6.45, 7) is 1.97. The zero-order chi connectivity index (χ0) is 11.5. The summed E-state index contributed by atoms with van der Waals surface area (Å²) in [7, 11) is 0. The van der Waals surface area contributed by atoms with Crippen molar-refractivity contribution in [2.45, 2.75) is 6.92 Å². The molecule has 82 valence electrons. The van der Waals surface area contributed by atoms with E-state index in [1.165, 1.54) is 3.57 Å². The molecule has 1 aromatic carbocycles. The van der Waals surface area contributed by atoms with Crippen molar-refractivity contribution in [1.29, 1.82) is 0 Å². The van der Waals surface area contributed by atoms with Crippen LogP contribution in [0.5, 0.6) is 0 Å². The van der Waals surface area contributed by atoms with E-state index in [9.17, 15) is 0 Å². The van der Waals surface area contributed by atoms with Crippen molar-refractivity contribution in [3.63, 3.8) is 0 Å². The van der Waals surface area contributed by atoms with Crippen LogP contribution in [0.15, 0.2) is 36.5 Å². The first kappa shape index (κ1) is 11.2. The number of hydrogen-bond acceptors (Lipinski definition) is 3. The number of rotatable bonds is 2. The lowest BCUT2D eigenvalue weighted by atomic mass is 10.2. The van der Waals surface area contributed by atoms with Gasteiger partial charge in [0.2, 0.25) is 0 Å². The van der Waals surface area contributed by atoms with Gasteiger partial charge in [-0.15, -0.1) is 0 Å². The minimum Gasteiger partial charge on any atom is -0.396 e. The van der Waals surface area contributed by atoms with Crippen LogP contribution in [0.3, 0.4) is 0 Å². The number of hydrogen-bond donors (Lipinski definition) is 2. The van der Waals surface area contributed by atoms with Gasteiger partial charge in [0.05, 0.1) is 5.69 Å². The zero-order valence-corrected chi connectivity index (χ0v) is 11.0. The molecular weight excluding hydrogens is 313 g/mol. The van der Waals surface area contributed by atoms with E-state index in [4.69, 9.17) is 5.73 Å². The fraction of sp³-hybridized carbons (Fsp3) is 0.0833. The molecule has 0 aliphatic heterocycles. The summed E-state index contributed by atoms with van der Waals surface area (Å²) in [5.74, 6) is 0.701. The summed E-state index contributed by atoms with van der Waals surface area (Å²) in [6.07, 6.45) is 1.80. The topological polar surface area (TPSA) is 50.9 Å². The largest absolute Gasteiger partial charge is 0.396 e. The van der Waals surface area contributed by atoms with Gasteiger partial charge in [-0.2, -0.15) is 0 Å². The zero-order valence-electron chi connectivity index (χ0n) is 8.87. The fourth-order valence-corrected chi connectivity index (χ4v) is 1.73. The van der Waals surface area contributed by atoms with Gasteiger partial charge in [0.15, 0.2) is 5.82 Å². The number of nitrogens with one attached hydrogen (secondary N) is 1. The predicted octanol–water partition coefficient (Wildman–Crippen LogP) is 3.32. The molecular formula is C12H12IN3. The van der Waals surface area contributed by atoms with Gasteiger partial charge in [0, 0.05) is 15.5 Å². The maximum absolute atomic E-state index is 5.87. The van der Waals surface area contributed by atoms with Crippen molar-refractivity contribution in [1.82, 2.24) is 4.98 Å². The van der Waals surface area contributed by atoms with Gasteiger partial charge >= 0.3 is 0 Å². The lowest BCUT2D eigenvalue weighted by Gasteiger charge is -2.08. The van der Waals surface area contributed by atoms with E-state index in [1.54, 1.807) is 6.20 Å². The highest BCUT2D eigenvalue weighted by molar-refractivity contribution is 14.1. The monoisotopic (exact) mass is 325 g/mol. The van der Waals surface area contributed by atoms with Crippen LogP contribution in [0.2, 0.25) is 0 Å². The van der Waals surface area contributed by atoms with Gasteiger partial charge in [-0.25, -0.2) is 4.98 Å². The average Bonchev–Trinajstić information content (AvgIpc) is 2.25. The number of halogens is 1. The number of pyridine rings is 1. The molecule has 3 nitrogen and oxygen atoms in total. The maximum atomic E-state index is 5.87. The number of benzene rings is 1. The smallest absolute Gasteiger partial charge is 0.153 e. The van der Waals surface area contributed by atoms with Gasteiger partial charge in [-0.3, -0.25) is 0 Å². The molecule has 0 aliphatic rings. The van der Waals surface area contributed by atoms with Crippen LogP contribution < -0.4 is 11.1 Å².